The molecule has 30 heavy (non-hydrogen) atoms. The first-order chi connectivity index (χ1) is 14.2. The van der Waals surface area contributed by atoms with Crippen molar-refractivity contribution >= 4 is 49.8 Å². The average molecular weight is 508 g/mol. The van der Waals surface area contributed by atoms with Crippen molar-refractivity contribution in [3.63, 3.8) is 0 Å². The zero-order valence-electron chi connectivity index (χ0n) is 15.7. The van der Waals surface area contributed by atoms with Gasteiger partial charge < -0.3 is 4.18 Å². The average Bonchev–Trinajstić information content (AvgIpc) is 2.70. The van der Waals surface area contributed by atoms with Gasteiger partial charge in [0.05, 0.1) is 6.21 Å². The number of hydrogen-bond donors (Lipinski definition) is 1. The number of halogens is 2. The minimum Gasteiger partial charge on any atom is -0.378 e. The molecule has 0 heterocycles. The molecule has 0 aliphatic heterocycles. The second-order valence-electron chi connectivity index (χ2n) is 6.24. The quantitative estimate of drug-likeness (QED) is 0.291. The van der Waals surface area contributed by atoms with E-state index in [0.29, 0.717) is 20.6 Å². The Bertz CT molecular complexity index is 1190. The third-order valence-corrected chi connectivity index (χ3v) is 5.95. The van der Waals surface area contributed by atoms with Crippen molar-refractivity contribution in [1.29, 1.82) is 0 Å². The highest BCUT2D eigenvalue weighted by Crippen LogP contribution is 2.25. The normalized spacial score (nSPS) is 11.4. The van der Waals surface area contributed by atoms with E-state index in [0.717, 1.165) is 5.56 Å². The lowest BCUT2D eigenvalue weighted by molar-refractivity contribution is 0.0955. The van der Waals surface area contributed by atoms with Gasteiger partial charge in [-0.2, -0.15) is 13.5 Å². The van der Waals surface area contributed by atoms with Gasteiger partial charge in [-0.3, -0.25) is 4.79 Å². The van der Waals surface area contributed by atoms with Crippen LogP contribution < -0.4 is 9.61 Å². The Labute approximate surface area is 187 Å². The zero-order valence-corrected chi connectivity index (χ0v) is 18.8. The highest BCUT2D eigenvalue weighted by molar-refractivity contribution is 9.10. The van der Waals surface area contributed by atoms with Crippen LogP contribution in [0, 0.1) is 6.92 Å². The predicted octanol–water partition coefficient (Wildman–Crippen LogP) is 4.94. The van der Waals surface area contributed by atoms with Crippen LogP contribution in [0.15, 0.2) is 81.2 Å². The van der Waals surface area contributed by atoms with Crippen LogP contribution in [0.1, 0.15) is 21.5 Å². The van der Waals surface area contributed by atoms with Gasteiger partial charge in [0.25, 0.3) is 5.91 Å². The van der Waals surface area contributed by atoms with Gasteiger partial charge in [-0.05, 0) is 61.5 Å². The number of benzene rings is 3. The first-order valence-electron chi connectivity index (χ1n) is 8.64. The Hall–Kier alpha value is -2.68. The molecule has 6 nitrogen and oxygen atoms in total. The molecule has 0 bridgehead atoms. The lowest BCUT2D eigenvalue weighted by Crippen LogP contribution is -2.17. The van der Waals surface area contributed by atoms with Crippen molar-refractivity contribution in [2.24, 2.45) is 5.10 Å². The summed E-state index contributed by atoms with van der Waals surface area (Å²) in [7, 11) is -4.03. The number of carbonyl (C=O) groups excluding carboxylic acids is 1. The highest BCUT2D eigenvalue weighted by Gasteiger charge is 2.18. The molecule has 0 fully saturated rings. The van der Waals surface area contributed by atoms with Crippen LogP contribution in [-0.4, -0.2) is 20.5 Å². The van der Waals surface area contributed by atoms with E-state index in [9.17, 15) is 13.2 Å². The molecule has 0 saturated carbocycles. The van der Waals surface area contributed by atoms with Crippen molar-refractivity contribution in [2.45, 2.75) is 11.8 Å². The minimum atomic E-state index is -4.03. The molecule has 9 heteroatoms. The molecular weight excluding hydrogens is 492 g/mol. The topological polar surface area (TPSA) is 84.8 Å². The van der Waals surface area contributed by atoms with Gasteiger partial charge in [-0.15, -0.1) is 0 Å². The molecule has 0 aliphatic carbocycles. The molecule has 3 aromatic carbocycles. The largest absolute Gasteiger partial charge is 0.378 e. The van der Waals surface area contributed by atoms with Crippen molar-refractivity contribution < 1.29 is 17.4 Å². The monoisotopic (exact) mass is 506 g/mol. The fraction of sp³-hybridized carbons (Fsp3) is 0.0476. The molecule has 3 rings (SSSR count). The zero-order chi connectivity index (χ0) is 21.7. The summed E-state index contributed by atoms with van der Waals surface area (Å²) < 4.78 is 31.2. The van der Waals surface area contributed by atoms with Gasteiger partial charge in [-0.25, -0.2) is 5.43 Å². The first kappa shape index (κ1) is 22.0. The standard InChI is InChI=1S/C21H16BrClN2O4S/c1-14-2-9-19(10-3-14)30(27,28)29-20-11-6-17(22)12-16(20)13-24-25-21(26)15-4-7-18(23)8-5-15/h2-13H,1H3,(H,25,26)/b24-13+. The number of carbonyl (C=O) groups is 1. The molecule has 0 radical (unpaired) electrons. The van der Waals surface area contributed by atoms with Gasteiger partial charge in [0.2, 0.25) is 0 Å². The SMILES string of the molecule is Cc1ccc(S(=O)(=O)Oc2ccc(Br)cc2/C=N/NC(=O)c2ccc(Cl)cc2)cc1. The molecule has 0 atom stereocenters. The lowest BCUT2D eigenvalue weighted by atomic mass is 10.2. The van der Waals surface area contributed by atoms with E-state index < -0.39 is 16.0 Å². The fourth-order valence-corrected chi connectivity index (χ4v) is 3.85. The van der Waals surface area contributed by atoms with E-state index in [1.165, 1.54) is 24.4 Å². The van der Waals surface area contributed by atoms with Crippen molar-refractivity contribution in [1.82, 2.24) is 5.43 Å². The van der Waals surface area contributed by atoms with Crippen molar-refractivity contribution in [3.8, 4) is 5.75 Å². The number of aryl methyl sites for hydroxylation is 1. The van der Waals surface area contributed by atoms with Crippen LogP contribution in [0.2, 0.25) is 5.02 Å². The van der Waals surface area contributed by atoms with E-state index in [1.54, 1.807) is 48.5 Å². The van der Waals surface area contributed by atoms with Crippen LogP contribution in [0.25, 0.3) is 0 Å². The third kappa shape index (κ3) is 5.69. The van der Waals surface area contributed by atoms with Crippen LogP contribution in [-0.2, 0) is 10.1 Å². The summed E-state index contributed by atoms with van der Waals surface area (Å²) in [5, 5.41) is 4.42. The molecular formula is C21H16BrClN2O4S. The molecule has 0 aliphatic rings. The van der Waals surface area contributed by atoms with E-state index in [4.69, 9.17) is 15.8 Å². The Morgan fingerprint density at radius 3 is 2.40 bits per heavy atom. The fourth-order valence-electron chi connectivity index (χ4n) is 2.39. The Kier molecular flexibility index (Phi) is 6.91. The molecule has 0 saturated heterocycles. The smallest absolute Gasteiger partial charge is 0.339 e. The summed E-state index contributed by atoms with van der Waals surface area (Å²) in [4.78, 5) is 12.2. The Morgan fingerprint density at radius 1 is 1.07 bits per heavy atom. The van der Waals surface area contributed by atoms with Crippen molar-refractivity contribution in [2.75, 3.05) is 0 Å². The third-order valence-electron chi connectivity index (χ3n) is 3.96. The van der Waals surface area contributed by atoms with Crippen LogP contribution >= 0.6 is 27.5 Å². The number of amides is 1. The van der Waals surface area contributed by atoms with Gasteiger partial charge in [0.15, 0.2) is 5.75 Å². The molecule has 0 spiro atoms. The van der Waals surface area contributed by atoms with E-state index in [-0.39, 0.29) is 10.6 Å². The second kappa shape index (κ2) is 9.42. The summed E-state index contributed by atoms with van der Waals surface area (Å²) >= 11 is 9.14. The van der Waals surface area contributed by atoms with Crippen LogP contribution in [0.5, 0.6) is 5.75 Å². The van der Waals surface area contributed by atoms with E-state index in [1.807, 2.05) is 6.92 Å². The number of hydrogen-bond acceptors (Lipinski definition) is 5. The summed E-state index contributed by atoms with van der Waals surface area (Å²) in [5.74, 6) is -0.365. The molecule has 0 unspecified atom stereocenters. The Balaban J connectivity index is 1.79. The maximum atomic E-state index is 12.6. The highest BCUT2D eigenvalue weighted by atomic mass is 79.9. The lowest BCUT2D eigenvalue weighted by Gasteiger charge is -2.10. The molecule has 1 N–H and O–H groups in total. The second-order valence-corrected chi connectivity index (χ2v) is 9.14. The summed E-state index contributed by atoms with van der Waals surface area (Å²) in [6.45, 7) is 1.86. The summed E-state index contributed by atoms with van der Waals surface area (Å²) in [6.07, 6.45) is 1.30. The number of rotatable bonds is 6. The van der Waals surface area contributed by atoms with Gasteiger partial charge in [0, 0.05) is 20.6 Å². The van der Waals surface area contributed by atoms with Gasteiger partial charge in [0.1, 0.15) is 4.90 Å². The first-order valence-corrected chi connectivity index (χ1v) is 11.2. The van der Waals surface area contributed by atoms with Crippen LogP contribution in [0.3, 0.4) is 0 Å². The van der Waals surface area contributed by atoms with Gasteiger partial charge >= 0.3 is 10.1 Å². The molecule has 154 valence electrons. The maximum Gasteiger partial charge on any atom is 0.339 e. The van der Waals surface area contributed by atoms with Gasteiger partial charge in [-0.1, -0.05) is 45.2 Å². The minimum absolute atomic E-state index is 0.0370. The molecule has 1 amide bonds. The molecule has 3 aromatic rings. The van der Waals surface area contributed by atoms with Crippen molar-refractivity contribution in [3.05, 3.63) is 92.9 Å². The number of nitrogens with zero attached hydrogens (tertiary/aromatic N) is 1. The summed E-state index contributed by atoms with van der Waals surface area (Å²) in [6, 6.07) is 17.4. The van der Waals surface area contributed by atoms with E-state index >= 15 is 0 Å². The Morgan fingerprint density at radius 2 is 1.73 bits per heavy atom. The predicted molar refractivity (Wildman–Crippen MR) is 120 cm³/mol. The van der Waals surface area contributed by atoms with Crippen LogP contribution in [0.4, 0.5) is 0 Å². The molecule has 0 aromatic heterocycles. The summed E-state index contributed by atoms with van der Waals surface area (Å²) in [5.41, 5.74) is 4.05. The number of hydrazone groups is 1. The number of nitrogens with one attached hydrogen (secondary N) is 1. The maximum absolute atomic E-state index is 12.6. The van der Waals surface area contributed by atoms with E-state index in [2.05, 4.69) is 26.5 Å².